The number of methoxy groups -OCH3 is 2. The molecule has 2 fully saturated rings. The van der Waals surface area contributed by atoms with E-state index in [-0.39, 0.29) is 24.0 Å². The van der Waals surface area contributed by atoms with Gasteiger partial charge in [-0.2, -0.15) is 5.10 Å². The summed E-state index contributed by atoms with van der Waals surface area (Å²) in [7, 11) is 3.15. The van der Waals surface area contributed by atoms with E-state index in [0.717, 1.165) is 25.7 Å². The zero-order chi connectivity index (χ0) is 18.3. The van der Waals surface area contributed by atoms with Crippen molar-refractivity contribution in [2.75, 3.05) is 14.2 Å². The number of carbonyl (C=O) groups is 1. The maximum atomic E-state index is 13.3. The van der Waals surface area contributed by atoms with Gasteiger partial charge in [0.15, 0.2) is 11.5 Å². The van der Waals surface area contributed by atoms with Crippen molar-refractivity contribution in [1.29, 1.82) is 0 Å². The molecule has 7 heteroatoms. The van der Waals surface area contributed by atoms with Gasteiger partial charge < -0.3 is 14.4 Å². The van der Waals surface area contributed by atoms with E-state index in [1.807, 2.05) is 27.9 Å². The Morgan fingerprint density at radius 2 is 1.88 bits per heavy atom. The van der Waals surface area contributed by atoms with Crippen molar-refractivity contribution in [3.05, 3.63) is 41.2 Å². The van der Waals surface area contributed by atoms with Gasteiger partial charge >= 0.3 is 0 Å². The first-order valence-corrected chi connectivity index (χ1v) is 9.23. The molecule has 2 aromatic rings. The maximum Gasteiger partial charge on any atom is 0.258 e. The Balaban J connectivity index is 1.59. The number of hydrogen-bond donors (Lipinski definition) is 0. The van der Waals surface area contributed by atoms with Crippen LogP contribution in [0.25, 0.3) is 0 Å². The van der Waals surface area contributed by atoms with Crippen LogP contribution in [0.15, 0.2) is 30.6 Å². The zero-order valence-electron chi connectivity index (χ0n) is 14.9. The van der Waals surface area contributed by atoms with E-state index in [9.17, 15) is 4.79 Å². The number of para-hydroxylation sites is 1. The van der Waals surface area contributed by atoms with Gasteiger partial charge in [-0.25, -0.2) is 0 Å². The Bertz CT molecular complexity index is 808. The maximum absolute atomic E-state index is 13.3. The number of aromatic nitrogens is 2. The molecule has 0 N–H and O–H groups in total. The number of hydrogen-bond acceptors (Lipinski definition) is 4. The molecule has 0 radical (unpaired) electrons. The monoisotopic (exact) mass is 375 g/mol. The first kappa shape index (κ1) is 17.2. The van der Waals surface area contributed by atoms with Crippen LogP contribution in [0.2, 0.25) is 5.02 Å². The lowest BCUT2D eigenvalue weighted by atomic mass is 9.96. The zero-order valence-corrected chi connectivity index (χ0v) is 15.6. The highest BCUT2D eigenvalue weighted by Crippen LogP contribution is 2.43. The van der Waals surface area contributed by atoms with Gasteiger partial charge in [-0.1, -0.05) is 17.7 Å². The Hall–Kier alpha value is -2.21. The van der Waals surface area contributed by atoms with Gasteiger partial charge in [0.05, 0.1) is 37.0 Å². The highest BCUT2D eigenvalue weighted by Gasteiger charge is 2.44. The van der Waals surface area contributed by atoms with Crippen LogP contribution in [0.4, 0.5) is 0 Å². The third-order valence-corrected chi connectivity index (χ3v) is 5.72. The van der Waals surface area contributed by atoms with E-state index >= 15 is 0 Å². The van der Waals surface area contributed by atoms with Crippen molar-refractivity contribution in [1.82, 2.24) is 14.7 Å². The van der Waals surface area contributed by atoms with Crippen molar-refractivity contribution in [3.8, 4) is 11.5 Å². The SMILES string of the molecule is COc1cccc(C(=O)N2C3CCC2CC(n2cc(Cl)cn2)C3)c1OC. The second-order valence-electron chi connectivity index (χ2n) is 6.90. The lowest BCUT2D eigenvalue weighted by Crippen LogP contribution is -2.47. The van der Waals surface area contributed by atoms with E-state index in [1.54, 1.807) is 26.5 Å². The van der Waals surface area contributed by atoms with E-state index in [4.69, 9.17) is 21.1 Å². The molecule has 1 aromatic heterocycles. The largest absolute Gasteiger partial charge is 0.493 e. The molecule has 3 heterocycles. The fraction of sp³-hybridized carbons (Fsp3) is 0.474. The lowest BCUT2D eigenvalue weighted by Gasteiger charge is -2.39. The molecule has 2 aliphatic rings. The molecular weight excluding hydrogens is 354 g/mol. The van der Waals surface area contributed by atoms with Gasteiger partial charge in [0.2, 0.25) is 0 Å². The smallest absolute Gasteiger partial charge is 0.258 e. The Labute approximate surface area is 157 Å². The van der Waals surface area contributed by atoms with Crippen molar-refractivity contribution < 1.29 is 14.3 Å². The minimum Gasteiger partial charge on any atom is -0.493 e. The summed E-state index contributed by atoms with van der Waals surface area (Å²) >= 11 is 6.02. The van der Waals surface area contributed by atoms with Crippen LogP contribution in [0.1, 0.15) is 42.1 Å². The topological polar surface area (TPSA) is 56.6 Å². The van der Waals surface area contributed by atoms with Crippen LogP contribution in [0, 0.1) is 0 Å². The van der Waals surface area contributed by atoms with Crippen LogP contribution in [-0.4, -0.2) is 46.9 Å². The minimum atomic E-state index is 0.0187. The highest BCUT2D eigenvalue weighted by molar-refractivity contribution is 6.30. The fourth-order valence-electron chi connectivity index (χ4n) is 4.41. The van der Waals surface area contributed by atoms with Crippen LogP contribution in [-0.2, 0) is 0 Å². The summed E-state index contributed by atoms with van der Waals surface area (Å²) in [5.41, 5.74) is 0.560. The first-order chi connectivity index (χ1) is 12.6. The number of amides is 1. The van der Waals surface area contributed by atoms with Crippen molar-refractivity contribution in [3.63, 3.8) is 0 Å². The molecule has 26 heavy (non-hydrogen) atoms. The third kappa shape index (κ3) is 2.82. The first-order valence-electron chi connectivity index (χ1n) is 8.85. The number of fused-ring (bicyclic) bond motifs is 2. The molecule has 138 valence electrons. The molecule has 2 aliphatic heterocycles. The summed E-state index contributed by atoms with van der Waals surface area (Å²) in [6, 6.07) is 6.15. The molecule has 4 rings (SSSR count). The van der Waals surface area contributed by atoms with Crippen molar-refractivity contribution in [2.45, 2.75) is 43.8 Å². The molecule has 2 bridgehead atoms. The average Bonchev–Trinajstić information content (AvgIpc) is 3.20. The Kier molecular flexibility index (Phi) is 4.53. The molecule has 1 aromatic carbocycles. The summed E-state index contributed by atoms with van der Waals surface area (Å²) in [5, 5.41) is 5.01. The van der Waals surface area contributed by atoms with Crippen LogP contribution < -0.4 is 9.47 Å². The molecule has 2 atom stereocenters. The molecule has 0 spiro atoms. The summed E-state index contributed by atoms with van der Waals surface area (Å²) in [6.45, 7) is 0. The van der Waals surface area contributed by atoms with Crippen molar-refractivity contribution in [2.24, 2.45) is 0 Å². The van der Waals surface area contributed by atoms with Crippen LogP contribution >= 0.6 is 11.6 Å². The summed E-state index contributed by atoms with van der Waals surface area (Å²) in [5.74, 6) is 1.09. The summed E-state index contributed by atoms with van der Waals surface area (Å²) < 4.78 is 12.7. The Morgan fingerprint density at radius 3 is 2.46 bits per heavy atom. The molecule has 6 nitrogen and oxygen atoms in total. The van der Waals surface area contributed by atoms with E-state index < -0.39 is 0 Å². The standard InChI is InChI=1S/C19H22ClN3O3/c1-25-17-5-3-4-16(18(17)26-2)19(24)23-13-6-7-14(23)9-15(8-13)22-11-12(20)10-21-22/h3-5,10-11,13-15H,6-9H2,1-2H3. The van der Waals surface area contributed by atoms with Crippen LogP contribution in [0.3, 0.4) is 0 Å². The lowest BCUT2D eigenvalue weighted by molar-refractivity contribution is 0.0520. The number of halogens is 1. The molecule has 0 saturated carbocycles. The predicted molar refractivity (Wildman–Crippen MR) is 98.0 cm³/mol. The van der Waals surface area contributed by atoms with Crippen LogP contribution in [0.5, 0.6) is 11.5 Å². The predicted octanol–water partition coefficient (Wildman–Crippen LogP) is 3.56. The van der Waals surface area contributed by atoms with E-state index in [1.165, 1.54) is 0 Å². The minimum absolute atomic E-state index is 0.0187. The van der Waals surface area contributed by atoms with Gasteiger partial charge in [-0.3, -0.25) is 9.48 Å². The van der Waals surface area contributed by atoms with E-state index in [0.29, 0.717) is 22.1 Å². The van der Waals surface area contributed by atoms with Gasteiger partial charge in [-0.05, 0) is 37.8 Å². The average molecular weight is 376 g/mol. The van der Waals surface area contributed by atoms with Gasteiger partial charge in [-0.15, -0.1) is 0 Å². The number of rotatable bonds is 4. The van der Waals surface area contributed by atoms with Gasteiger partial charge in [0.1, 0.15) is 0 Å². The highest BCUT2D eigenvalue weighted by atomic mass is 35.5. The summed E-state index contributed by atoms with van der Waals surface area (Å²) in [4.78, 5) is 15.3. The third-order valence-electron chi connectivity index (χ3n) is 5.52. The van der Waals surface area contributed by atoms with Gasteiger partial charge in [0.25, 0.3) is 5.91 Å². The Morgan fingerprint density at radius 1 is 1.15 bits per heavy atom. The number of piperidine rings is 1. The number of carbonyl (C=O) groups excluding carboxylic acids is 1. The molecule has 2 saturated heterocycles. The van der Waals surface area contributed by atoms with E-state index in [2.05, 4.69) is 5.10 Å². The number of ether oxygens (including phenoxy) is 2. The second kappa shape index (κ2) is 6.83. The van der Waals surface area contributed by atoms with Crippen molar-refractivity contribution >= 4 is 17.5 Å². The fourth-order valence-corrected chi connectivity index (χ4v) is 4.55. The summed E-state index contributed by atoms with van der Waals surface area (Å²) in [6.07, 6.45) is 7.37. The van der Waals surface area contributed by atoms with Gasteiger partial charge in [0, 0.05) is 18.3 Å². The molecule has 0 aliphatic carbocycles. The molecule has 2 unspecified atom stereocenters. The molecule has 1 amide bonds. The number of benzene rings is 1. The second-order valence-corrected chi connectivity index (χ2v) is 7.34. The number of nitrogens with zero attached hydrogens (tertiary/aromatic N) is 3. The quantitative estimate of drug-likeness (QED) is 0.819. The molecular formula is C19H22ClN3O3. The normalized spacial score (nSPS) is 24.6.